The first-order chi connectivity index (χ1) is 14.8. The maximum absolute atomic E-state index is 12.3. The van der Waals surface area contributed by atoms with Crippen molar-refractivity contribution in [2.45, 2.75) is 124 Å². The van der Waals surface area contributed by atoms with E-state index in [2.05, 4.69) is 85.6 Å². The van der Waals surface area contributed by atoms with Crippen molar-refractivity contribution >= 4 is 14.2 Å². The van der Waals surface area contributed by atoms with E-state index in [0.717, 1.165) is 31.1 Å². The normalized spacial score (nSPS) is 24.5. The zero-order valence-electron chi connectivity index (χ0n) is 22.7. The standard InChI is InChI=1S/C28H53NO2Si/c1-11-13-27(30)29-25(15-12-14-23(5)31-32(9,10)28(6,7)8)18-17-24-20-22(4)16-19-26(24)21(2)3/h11,17-18,21-26H,1,12-16,19-20H2,2-10H3,(H,29,30)/b18-17+/t22-,23?,24-,25+,26+/m1/s1. The second-order valence-electron chi connectivity index (χ2n) is 12.2. The minimum absolute atomic E-state index is 0.0673. The van der Waals surface area contributed by atoms with E-state index in [-0.39, 0.29) is 23.1 Å². The maximum Gasteiger partial charge on any atom is 0.224 e. The molecule has 0 aromatic rings. The van der Waals surface area contributed by atoms with Gasteiger partial charge in [-0.05, 0) is 80.8 Å². The quantitative estimate of drug-likeness (QED) is 0.236. The fraction of sp³-hybridized carbons (Fsp3) is 0.821. The summed E-state index contributed by atoms with van der Waals surface area (Å²) in [6.07, 6.45) is 14.0. The third kappa shape index (κ3) is 9.95. The molecule has 0 heterocycles. The highest BCUT2D eigenvalue weighted by molar-refractivity contribution is 6.74. The smallest absolute Gasteiger partial charge is 0.224 e. The van der Waals surface area contributed by atoms with Crippen LogP contribution >= 0.6 is 0 Å². The molecule has 0 saturated heterocycles. The zero-order chi connectivity index (χ0) is 24.5. The number of amides is 1. The number of allylic oxidation sites excluding steroid dienone is 1. The summed E-state index contributed by atoms with van der Waals surface area (Å²) in [6, 6.07) is 0.0903. The summed E-state index contributed by atoms with van der Waals surface area (Å²) >= 11 is 0. The molecule has 0 aromatic heterocycles. The highest BCUT2D eigenvalue weighted by Crippen LogP contribution is 2.39. The highest BCUT2D eigenvalue weighted by Gasteiger charge is 2.38. The van der Waals surface area contributed by atoms with Crippen LogP contribution in [-0.4, -0.2) is 26.4 Å². The van der Waals surface area contributed by atoms with Crippen LogP contribution in [0.1, 0.15) is 93.4 Å². The van der Waals surface area contributed by atoms with Crippen molar-refractivity contribution in [3.63, 3.8) is 0 Å². The first kappa shape index (κ1) is 29.2. The van der Waals surface area contributed by atoms with Crippen LogP contribution in [0.15, 0.2) is 24.8 Å². The molecule has 1 saturated carbocycles. The Morgan fingerprint density at radius 1 is 1.19 bits per heavy atom. The Morgan fingerprint density at radius 3 is 2.41 bits per heavy atom. The van der Waals surface area contributed by atoms with Crippen LogP contribution in [0.25, 0.3) is 0 Å². The molecule has 0 aromatic carbocycles. The van der Waals surface area contributed by atoms with E-state index < -0.39 is 8.32 Å². The molecule has 1 amide bonds. The molecule has 3 nitrogen and oxygen atoms in total. The molecule has 1 rings (SSSR count). The van der Waals surface area contributed by atoms with Gasteiger partial charge in [0.15, 0.2) is 8.32 Å². The largest absolute Gasteiger partial charge is 0.414 e. The lowest BCUT2D eigenvalue weighted by Gasteiger charge is -2.38. The molecule has 186 valence electrons. The summed E-state index contributed by atoms with van der Waals surface area (Å²) in [6.45, 7) is 24.5. The van der Waals surface area contributed by atoms with Crippen molar-refractivity contribution in [3.8, 4) is 0 Å². The molecule has 1 aliphatic rings. The topological polar surface area (TPSA) is 38.3 Å². The predicted molar refractivity (Wildman–Crippen MR) is 142 cm³/mol. The number of hydrogen-bond donors (Lipinski definition) is 1. The Morgan fingerprint density at radius 2 is 1.84 bits per heavy atom. The van der Waals surface area contributed by atoms with E-state index in [1.807, 2.05) is 0 Å². The monoisotopic (exact) mass is 463 g/mol. The molecule has 32 heavy (non-hydrogen) atoms. The number of carbonyl (C=O) groups excluding carboxylic acids is 1. The van der Waals surface area contributed by atoms with Gasteiger partial charge in [-0.15, -0.1) is 6.58 Å². The maximum atomic E-state index is 12.3. The number of hydrogen-bond acceptors (Lipinski definition) is 2. The van der Waals surface area contributed by atoms with Crippen LogP contribution in [-0.2, 0) is 9.22 Å². The lowest BCUT2D eigenvalue weighted by Crippen LogP contribution is -2.43. The SMILES string of the molecule is C=CCC(=O)N[C@H](/C=C/[C@@H]1C[C@H](C)CC[C@H]1C(C)C)CCCC(C)O[Si](C)(C)C(C)(C)C. The summed E-state index contributed by atoms with van der Waals surface area (Å²) < 4.78 is 6.53. The molecular weight excluding hydrogens is 410 g/mol. The van der Waals surface area contributed by atoms with Crippen molar-refractivity contribution in [2.75, 3.05) is 0 Å². The van der Waals surface area contributed by atoms with Gasteiger partial charge in [0.25, 0.3) is 0 Å². The van der Waals surface area contributed by atoms with Crippen LogP contribution in [0.5, 0.6) is 0 Å². The van der Waals surface area contributed by atoms with Crippen LogP contribution in [0, 0.1) is 23.7 Å². The fourth-order valence-electron chi connectivity index (χ4n) is 4.75. The number of rotatable bonds is 12. The van der Waals surface area contributed by atoms with E-state index in [9.17, 15) is 4.79 Å². The zero-order valence-corrected chi connectivity index (χ0v) is 23.7. The summed E-state index contributed by atoms with van der Waals surface area (Å²) in [7, 11) is -1.74. The van der Waals surface area contributed by atoms with Gasteiger partial charge < -0.3 is 9.74 Å². The van der Waals surface area contributed by atoms with Crippen molar-refractivity contribution in [2.24, 2.45) is 23.7 Å². The predicted octanol–water partition coefficient (Wildman–Crippen LogP) is 7.89. The van der Waals surface area contributed by atoms with Gasteiger partial charge >= 0.3 is 0 Å². The Bertz CT molecular complexity index is 605. The van der Waals surface area contributed by atoms with Gasteiger partial charge in [-0.1, -0.05) is 66.2 Å². The molecule has 0 aliphatic heterocycles. The molecule has 5 atom stereocenters. The second kappa shape index (κ2) is 13.1. The van der Waals surface area contributed by atoms with E-state index in [1.54, 1.807) is 6.08 Å². The van der Waals surface area contributed by atoms with Crippen molar-refractivity contribution in [3.05, 3.63) is 24.8 Å². The summed E-state index contributed by atoms with van der Waals surface area (Å²) in [4.78, 5) is 12.3. The van der Waals surface area contributed by atoms with Crippen molar-refractivity contribution < 1.29 is 9.22 Å². The Kier molecular flexibility index (Phi) is 12.0. The van der Waals surface area contributed by atoms with Crippen molar-refractivity contribution in [1.82, 2.24) is 5.32 Å². The van der Waals surface area contributed by atoms with Crippen molar-refractivity contribution in [1.29, 1.82) is 0 Å². The van der Waals surface area contributed by atoms with Gasteiger partial charge in [-0.2, -0.15) is 0 Å². The molecule has 1 unspecified atom stereocenters. The van der Waals surface area contributed by atoms with Crippen LogP contribution in [0.3, 0.4) is 0 Å². The first-order valence-corrected chi connectivity index (χ1v) is 15.9. The minimum Gasteiger partial charge on any atom is -0.414 e. The number of carbonyl (C=O) groups is 1. The Balaban J connectivity index is 2.74. The molecule has 1 aliphatic carbocycles. The molecule has 0 bridgehead atoms. The lowest BCUT2D eigenvalue weighted by molar-refractivity contribution is -0.120. The third-order valence-corrected chi connectivity index (χ3v) is 12.4. The summed E-state index contributed by atoms with van der Waals surface area (Å²) in [5, 5.41) is 3.46. The third-order valence-electron chi connectivity index (χ3n) is 7.77. The van der Waals surface area contributed by atoms with Gasteiger partial charge in [-0.25, -0.2) is 0 Å². The Hall–Kier alpha value is -0.873. The van der Waals surface area contributed by atoms with Gasteiger partial charge in [0.1, 0.15) is 0 Å². The first-order valence-electron chi connectivity index (χ1n) is 13.0. The highest BCUT2D eigenvalue weighted by atomic mass is 28.4. The molecule has 0 radical (unpaired) electrons. The minimum atomic E-state index is -1.74. The van der Waals surface area contributed by atoms with Gasteiger partial charge in [-0.3, -0.25) is 4.79 Å². The molecular formula is C28H53NO2Si. The fourth-order valence-corrected chi connectivity index (χ4v) is 6.23. The van der Waals surface area contributed by atoms with E-state index >= 15 is 0 Å². The van der Waals surface area contributed by atoms with Crippen LogP contribution < -0.4 is 5.32 Å². The Labute approximate surface area is 201 Å². The molecule has 0 spiro atoms. The molecule has 1 fully saturated rings. The lowest BCUT2D eigenvalue weighted by atomic mass is 9.70. The number of nitrogens with one attached hydrogen (secondary N) is 1. The van der Waals surface area contributed by atoms with Crippen LogP contribution in [0.2, 0.25) is 18.1 Å². The average Bonchev–Trinajstić information content (AvgIpc) is 2.64. The molecule has 1 N–H and O–H groups in total. The summed E-state index contributed by atoms with van der Waals surface area (Å²) in [5.41, 5.74) is 0. The second-order valence-corrected chi connectivity index (χ2v) is 16.9. The van der Waals surface area contributed by atoms with Gasteiger partial charge in [0, 0.05) is 18.6 Å². The van der Waals surface area contributed by atoms with E-state index in [0.29, 0.717) is 18.3 Å². The van der Waals surface area contributed by atoms with Crippen LogP contribution in [0.4, 0.5) is 0 Å². The van der Waals surface area contributed by atoms with E-state index in [1.165, 1.54) is 19.3 Å². The summed E-state index contributed by atoms with van der Waals surface area (Å²) in [5.74, 6) is 2.95. The van der Waals surface area contributed by atoms with Gasteiger partial charge in [0.2, 0.25) is 5.91 Å². The molecule has 4 heteroatoms. The van der Waals surface area contributed by atoms with Gasteiger partial charge in [0.05, 0.1) is 0 Å². The average molecular weight is 464 g/mol. The van der Waals surface area contributed by atoms with E-state index in [4.69, 9.17) is 4.43 Å².